The minimum Gasteiger partial charge on any atom is -0.353 e. The summed E-state index contributed by atoms with van der Waals surface area (Å²) in [5.74, 6) is 0.618. The zero-order valence-corrected chi connectivity index (χ0v) is 15.7. The Labute approximate surface area is 168 Å². The molecule has 0 spiro atoms. The summed E-state index contributed by atoms with van der Waals surface area (Å²) < 4.78 is 0. The summed E-state index contributed by atoms with van der Waals surface area (Å²) in [5, 5.41) is 12.4. The largest absolute Gasteiger partial charge is 0.353 e. The Morgan fingerprint density at radius 2 is 1.79 bits per heavy atom. The van der Waals surface area contributed by atoms with Gasteiger partial charge in [-0.2, -0.15) is 5.26 Å². The number of hydrogen-bond donors (Lipinski definition) is 1. The predicted octanol–water partition coefficient (Wildman–Crippen LogP) is 2.45. The average molecular weight is 385 g/mol. The van der Waals surface area contributed by atoms with Gasteiger partial charge in [-0.25, -0.2) is 9.97 Å². The molecule has 3 aromatic rings. The van der Waals surface area contributed by atoms with Crippen molar-refractivity contribution >= 4 is 23.2 Å². The number of benzene rings is 1. The first-order valence-corrected chi connectivity index (χ1v) is 9.27. The lowest BCUT2D eigenvalue weighted by Gasteiger charge is -2.34. The third-order valence-electron chi connectivity index (χ3n) is 4.71. The van der Waals surface area contributed by atoms with Gasteiger partial charge in [0.15, 0.2) is 0 Å². The van der Waals surface area contributed by atoms with Crippen molar-refractivity contribution in [2.45, 2.75) is 0 Å². The molecule has 1 aromatic carbocycles. The molecule has 29 heavy (non-hydrogen) atoms. The van der Waals surface area contributed by atoms with Crippen molar-refractivity contribution in [3.05, 3.63) is 72.3 Å². The number of carbonyl (C=O) groups excluding carboxylic acids is 1. The van der Waals surface area contributed by atoms with Crippen LogP contribution in [-0.2, 0) is 0 Å². The van der Waals surface area contributed by atoms with Crippen LogP contribution < -0.4 is 10.2 Å². The van der Waals surface area contributed by atoms with E-state index in [1.807, 2.05) is 23.1 Å². The van der Waals surface area contributed by atoms with Gasteiger partial charge >= 0.3 is 0 Å². The molecule has 0 saturated carbocycles. The molecule has 1 amide bonds. The van der Waals surface area contributed by atoms with Crippen LogP contribution in [0.3, 0.4) is 0 Å². The van der Waals surface area contributed by atoms with E-state index in [9.17, 15) is 10.1 Å². The smallest absolute Gasteiger partial charge is 0.255 e. The van der Waals surface area contributed by atoms with Crippen LogP contribution in [0.2, 0.25) is 0 Å². The van der Waals surface area contributed by atoms with Crippen molar-refractivity contribution in [3.8, 4) is 6.07 Å². The summed E-state index contributed by atoms with van der Waals surface area (Å²) >= 11 is 0. The Morgan fingerprint density at radius 3 is 2.55 bits per heavy atom. The SMILES string of the molecule is N#Cc1ccccc1Nc1cncc(C(=O)N2CCN(c3ncccn3)CC2)c1. The Bertz CT molecular complexity index is 1040. The molecule has 0 aliphatic carbocycles. The van der Waals surface area contributed by atoms with Gasteiger partial charge in [-0.05, 0) is 24.3 Å². The molecule has 4 rings (SSSR count). The Morgan fingerprint density at radius 1 is 1.03 bits per heavy atom. The topological polar surface area (TPSA) is 98.0 Å². The number of piperazine rings is 1. The van der Waals surface area contributed by atoms with Crippen LogP contribution in [0.25, 0.3) is 0 Å². The molecule has 1 fully saturated rings. The molecule has 0 radical (unpaired) electrons. The summed E-state index contributed by atoms with van der Waals surface area (Å²) in [5.41, 5.74) is 2.38. The van der Waals surface area contributed by atoms with Crippen LogP contribution in [0.5, 0.6) is 0 Å². The predicted molar refractivity (Wildman–Crippen MR) is 109 cm³/mol. The maximum Gasteiger partial charge on any atom is 0.255 e. The second kappa shape index (κ2) is 8.35. The molecule has 1 saturated heterocycles. The fraction of sp³-hybridized carbons (Fsp3) is 0.190. The third kappa shape index (κ3) is 4.14. The lowest BCUT2D eigenvalue weighted by atomic mass is 10.1. The summed E-state index contributed by atoms with van der Waals surface area (Å²) in [6.45, 7) is 2.53. The number of para-hydroxylation sites is 1. The van der Waals surface area contributed by atoms with Crippen LogP contribution in [0.4, 0.5) is 17.3 Å². The highest BCUT2D eigenvalue weighted by Gasteiger charge is 2.23. The van der Waals surface area contributed by atoms with Gasteiger partial charge in [0, 0.05) is 44.8 Å². The number of nitrogens with zero attached hydrogens (tertiary/aromatic N) is 6. The van der Waals surface area contributed by atoms with E-state index < -0.39 is 0 Å². The van der Waals surface area contributed by atoms with Crippen LogP contribution in [0.15, 0.2) is 61.2 Å². The highest BCUT2D eigenvalue weighted by Crippen LogP contribution is 2.21. The van der Waals surface area contributed by atoms with E-state index >= 15 is 0 Å². The minimum atomic E-state index is -0.0663. The summed E-state index contributed by atoms with van der Waals surface area (Å²) in [6.07, 6.45) is 6.63. The van der Waals surface area contributed by atoms with E-state index in [2.05, 4.69) is 31.2 Å². The van der Waals surface area contributed by atoms with Crippen molar-refractivity contribution in [2.24, 2.45) is 0 Å². The van der Waals surface area contributed by atoms with Gasteiger partial charge in [0.05, 0.1) is 28.7 Å². The van der Waals surface area contributed by atoms with E-state index in [0.29, 0.717) is 54.6 Å². The van der Waals surface area contributed by atoms with Gasteiger partial charge in [-0.15, -0.1) is 0 Å². The number of aromatic nitrogens is 3. The second-order valence-electron chi connectivity index (χ2n) is 6.57. The van der Waals surface area contributed by atoms with Crippen molar-refractivity contribution in [1.82, 2.24) is 19.9 Å². The molecule has 144 valence electrons. The fourth-order valence-electron chi connectivity index (χ4n) is 3.22. The molecule has 1 aliphatic rings. The Balaban J connectivity index is 1.43. The normalized spacial score (nSPS) is 13.6. The first kappa shape index (κ1) is 18.4. The number of amides is 1. The van der Waals surface area contributed by atoms with Crippen LogP contribution in [0.1, 0.15) is 15.9 Å². The number of hydrogen-bond acceptors (Lipinski definition) is 7. The van der Waals surface area contributed by atoms with E-state index in [4.69, 9.17) is 0 Å². The molecular weight excluding hydrogens is 366 g/mol. The molecule has 1 N–H and O–H groups in total. The monoisotopic (exact) mass is 385 g/mol. The number of nitriles is 1. The van der Waals surface area contributed by atoms with Gasteiger partial charge < -0.3 is 15.1 Å². The van der Waals surface area contributed by atoms with E-state index in [0.717, 1.165) is 0 Å². The molecule has 3 heterocycles. The third-order valence-corrected chi connectivity index (χ3v) is 4.71. The van der Waals surface area contributed by atoms with Gasteiger partial charge in [-0.1, -0.05) is 12.1 Å². The number of rotatable bonds is 4. The Hall–Kier alpha value is -3.99. The quantitative estimate of drug-likeness (QED) is 0.736. The molecule has 0 unspecified atom stereocenters. The standard InChI is InChI=1S/C21H19N7O/c22-13-16-4-1-2-5-19(16)26-18-12-17(14-23-15-18)20(29)27-8-10-28(11-9-27)21-24-6-3-7-25-21/h1-7,12,14-15,26H,8-11H2. The van der Waals surface area contributed by atoms with E-state index in [1.54, 1.807) is 43.0 Å². The minimum absolute atomic E-state index is 0.0663. The first-order valence-electron chi connectivity index (χ1n) is 9.27. The summed E-state index contributed by atoms with van der Waals surface area (Å²) in [6, 6.07) is 12.9. The van der Waals surface area contributed by atoms with Crippen LogP contribution >= 0.6 is 0 Å². The lowest BCUT2D eigenvalue weighted by Crippen LogP contribution is -2.49. The Kier molecular flexibility index (Phi) is 5.29. The second-order valence-corrected chi connectivity index (χ2v) is 6.57. The zero-order valence-electron chi connectivity index (χ0n) is 15.7. The van der Waals surface area contributed by atoms with Crippen molar-refractivity contribution in [1.29, 1.82) is 5.26 Å². The van der Waals surface area contributed by atoms with E-state index in [1.165, 1.54) is 0 Å². The zero-order chi connectivity index (χ0) is 20.1. The van der Waals surface area contributed by atoms with Gasteiger partial charge in [0.1, 0.15) is 6.07 Å². The van der Waals surface area contributed by atoms with Gasteiger partial charge in [0.2, 0.25) is 5.95 Å². The maximum absolute atomic E-state index is 12.9. The van der Waals surface area contributed by atoms with Crippen molar-refractivity contribution < 1.29 is 4.79 Å². The first-order chi connectivity index (χ1) is 14.2. The summed E-state index contributed by atoms with van der Waals surface area (Å²) in [4.78, 5) is 29.5. The van der Waals surface area contributed by atoms with Gasteiger partial charge in [-0.3, -0.25) is 9.78 Å². The number of anilines is 3. The molecule has 1 aliphatic heterocycles. The molecule has 8 heteroatoms. The number of pyridine rings is 1. The molecule has 2 aromatic heterocycles. The van der Waals surface area contributed by atoms with Crippen LogP contribution in [-0.4, -0.2) is 51.9 Å². The average Bonchev–Trinajstić information content (AvgIpc) is 2.80. The molecule has 0 atom stereocenters. The fourth-order valence-corrected chi connectivity index (χ4v) is 3.22. The van der Waals surface area contributed by atoms with E-state index in [-0.39, 0.29) is 5.91 Å². The molecular formula is C21H19N7O. The maximum atomic E-state index is 12.9. The highest BCUT2D eigenvalue weighted by atomic mass is 16.2. The summed E-state index contributed by atoms with van der Waals surface area (Å²) in [7, 11) is 0. The molecule has 8 nitrogen and oxygen atoms in total. The van der Waals surface area contributed by atoms with Crippen molar-refractivity contribution in [3.63, 3.8) is 0 Å². The number of carbonyl (C=O) groups is 1. The van der Waals surface area contributed by atoms with Crippen molar-refractivity contribution in [2.75, 3.05) is 36.4 Å². The lowest BCUT2D eigenvalue weighted by molar-refractivity contribution is 0.0746. The highest BCUT2D eigenvalue weighted by molar-refractivity contribution is 5.95. The number of nitrogens with one attached hydrogen (secondary N) is 1. The molecule has 0 bridgehead atoms. The van der Waals surface area contributed by atoms with Gasteiger partial charge in [0.25, 0.3) is 5.91 Å². The van der Waals surface area contributed by atoms with Crippen LogP contribution in [0, 0.1) is 11.3 Å².